The van der Waals surface area contributed by atoms with Crippen LogP contribution in [0.3, 0.4) is 0 Å². The zero-order chi connectivity index (χ0) is 17.9. The standard InChI is InChI=1S/C17H24N2O5/c1-17(2,3)24-16(22)18-12-6-5-9-19(14(12)20)13(15(21)23-4)10-11-7-8-11/h5-6,9,11,13H,7-8,10H2,1-4H3,(H,18,22)/t13-/m0/s1. The monoisotopic (exact) mass is 336 g/mol. The molecule has 1 heterocycles. The number of hydrogen-bond acceptors (Lipinski definition) is 5. The Morgan fingerprint density at radius 3 is 2.58 bits per heavy atom. The number of hydrogen-bond donors (Lipinski definition) is 1. The molecule has 132 valence electrons. The summed E-state index contributed by atoms with van der Waals surface area (Å²) in [4.78, 5) is 36.5. The first-order valence-electron chi connectivity index (χ1n) is 8.00. The molecule has 0 saturated heterocycles. The Morgan fingerprint density at radius 2 is 2.04 bits per heavy atom. The fourth-order valence-corrected chi connectivity index (χ4v) is 2.39. The molecule has 1 aromatic heterocycles. The van der Waals surface area contributed by atoms with Crippen LogP contribution in [0.1, 0.15) is 46.1 Å². The van der Waals surface area contributed by atoms with Gasteiger partial charge in [-0.05, 0) is 45.2 Å². The van der Waals surface area contributed by atoms with Crippen molar-refractivity contribution in [3.63, 3.8) is 0 Å². The first-order chi connectivity index (χ1) is 11.2. The van der Waals surface area contributed by atoms with Crippen LogP contribution >= 0.6 is 0 Å². The van der Waals surface area contributed by atoms with Crippen molar-refractivity contribution in [2.24, 2.45) is 5.92 Å². The van der Waals surface area contributed by atoms with Crippen molar-refractivity contribution >= 4 is 17.7 Å². The van der Waals surface area contributed by atoms with Crippen LogP contribution in [0.5, 0.6) is 0 Å². The summed E-state index contributed by atoms with van der Waals surface area (Å²) >= 11 is 0. The maximum absolute atomic E-state index is 12.6. The molecule has 1 N–H and O–H groups in total. The zero-order valence-corrected chi connectivity index (χ0v) is 14.5. The largest absolute Gasteiger partial charge is 0.467 e. The van der Waals surface area contributed by atoms with E-state index in [1.165, 1.54) is 23.9 Å². The Labute approximate surface area is 140 Å². The smallest absolute Gasteiger partial charge is 0.412 e. The lowest BCUT2D eigenvalue weighted by atomic mass is 10.1. The van der Waals surface area contributed by atoms with Crippen molar-refractivity contribution in [1.82, 2.24) is 4.57 Å². The van der Waals surface area contributed by atoms with Gasteiger partial charge in [-0.25, -0.2) is 9.59 Å². The maximum atomic E-state index is 12.6. The first kappa shape index (κ1) is 18.0. The molecule has 24 heavy (non-hydrogen) atoms. The number of ether oxygens (including phenoxy) is 2. The van der Waals surface area contributed by atoms with Gasteiger partial charge < -0.3 is 9.47 Å². The van der Waals surface area contributed by atoms with Gasteiger partial charge in [-0.3, -0.25) is 14.7 Å². The summed E-state index contributed by atoms with van der Waals surface area (Å²) in [5.41, 5.74) is -1.06. The van der Waals surface area contributed by atoms with Crippen molar-refractivity contribution in [1.29, 1.82) is 0 Å². The zero-order valence-electron chi connectivity index (χ0n) is 14.5. The van der Waals surface area contributed by atoms with E-state index in [0.29, 0.717) is 12.3 Å². The van der Waals surface area contributed by atoms with Crippen LogP contribution in [-0.4, -0.2) is 29.3 Å². The molecule has 7 heteroatoms. The fourth-order valence-electron chi connectivity index (χ4n) is 2.39. The Morgan fingerprint density at radius 1 is 1.38 bits per heavy atom. The van der Waals surface area contributed by atoms with Crippen molar-refractivity contribution < 1.29 is 19.1 Å². The number of methoxy groups -OCH3 is 1. The predicted octanol–water partition coefficient (Wildman–Crippen LogP) is 2.71. The molecule has 1 saturated carbocycles. The van der Waals surface area contributed by atoms with Crippen LogP contribution in [0, 0.1) is 5.92 Å². The quantitative estimate of drug-likeness (QED) is 0.836. The number of pyridine rings is 1. The molecule has 1 aliphatic carbocycles. The molecule has 0 unspecified atom stereocenters. The fraction of sp³-hybridized carbons (Fsp3) is 0.588. The van der Waals surface area contributed by atoms with Crippen LogP contribution in [-0.2, 0) is 14.3 Å². The Hall–Kier alpha value is -2.31. The summed E-state index contributed by atoms with van der Waals surface area (Å²) in [6.45, 7) is 5.20. The van der Waals surface area contributed by atoms with Crippen LogP contribution < -0.4 is 10.9 Å². The summed E-state index contributed by atoms with van der Waals surface area (Å²) in [6.07, 6.45) is 3.49. The van der Waals surface area contributed by atoms with E-state index in [4.69, 9.17) is 9.47 Å². The molecule has 7 nitrogen and oxygen atoms in total. The lowest BCUT2D eigenvalue weighted by Gasteiger charge is -2.21. The molecule has 0 aliphatic heterocycles. The van der Waals surface area contributed by atoms with E-state index in [1.807, 2.05) is 0 Å². The van der Waals surface area contributed by atoms with Gasteiger partial charge in [0.2, 0.25) is 0 Å². The number of nitrogens with zero attached hydrogens (tertiary/aromatic N) is 1. The number of esters is 1. The van der Waals surface area contributed by atoms with Crippen molar-refractivity contribution in [3.8, 4) is 0 Å². The third-order valence-corrected chi connectivity index (χ3v) is 3.67. The van der Waals surface area contributed by atoms with E-state index in [1.54, 1.807) is 26.8 Å². The van der Waals surface area contributed by atoms with Crippen LogP contribution in [0.2, 0.25) is 0 Å². The molecule has 0 bridgehead atoms. The second-order valence-electron chi connectivity index (χ2n) is 6.98. The van der Waals surface area contributed by atoms with Gasteiger partial charge in [-0.15, -0.1) is 0 Å². The number of aromatic nitrogens is 1. The summed E-state index contributed by atoms with van der Waals surface area (Å²) < 4.78 is 11.3. The predicted molar refractivity (Wildman–Crippen MR) is 89.0 cm³/mol. The van der Waals surface area contributed by atoms with Gasteiger partial charge in [0.15, 0.2) is 0 Å². The highest BCUT2D eigenvalue weighted by Gasteiger charge is 2.32. The molecule has 2 rings (SSSR count). The van der Waals surface area contributed by atoms with Crippen molar-refractivity contribution in [2.45, 2.75) is 51.7 Å². The lowest BCUT2D eigenvalue weighted by molar-refractivity contribution is -0.145. The average Bonchev–Trinajstić information content (AvgIpc) is 3.29. The lowest BCUT2D eigenvalue weighted by Crippen LogP contribution is -2.34. The number of nitrogens with one attached hydrogen (secondary N) is 1. The van der Waals surface area contributed by atoms with Crippen LogP contribution in [0.25, 0.3) is 0 Å². The highest BCUT2D eigenvalue weighted by molar-refractivity contribution is 5.84. The van der Waals surface area contributed by atoms with Crippen LogP contribution in [0.4, 0.5) is 10.5 Å². The highest BCUT2D eigenvalue weighted by atomic mass is 16.6. The first-order valence-corrected chi connectivity index (χ1v) is 8.00. The molecule has 0 radical (unpaired) electrons. The SMILES string of the molecule is COC(=O)[C@H](CC1CC1)n1cccc(NC(=O)OC(C)(C)C)c1=O. The summed E-state index contributed by atoms with van der Waals surface area (Å²) in [5, 5.41) is 2.44. The van der Waals surface area contributed by atoms with E-state index in [-0.39, 0.29) is 5.69 Å². The number of carbonyl (C=O) groups is 2. The minimum atomic E-state index is -0.714. The maximum Gasteiger partial charge on any atom is 0.412 e. The second kappa shape index (κ2) is 7.07. The van der Waals surface area contributed by atoms with Gasteiger partial charge in [0, 0.05) is 6.20 Å². The molecule has 0 aromatic carbocycles. The minimum Gasteiger partial charge on any atom is -0.467 e. The topological polar surface area (TPSA) is 86.6 Å². The highest BCUT2D eigenvalue weighted by Crippen LogP contribution is 2.37. The molecular formula is C17H24N2O5. The third kappa shape index (κ3) is 4.84. The summed E-state index contributed by atoms with van der Waals surface area (Å²) in [7, 11) is 1.30. The molecule has 1 atom stereocenters. The number of anilines is 1. The van der Waals surface area contributed by atoms with E-state index in [0.717, 1.165) is 12.8 Å². The van der Waals surface area contributed by atoms with Gasteiger partial charge in [0.05, 0.1) is 7.11 Å². The Balaban J connectivity index is 2.23. The Bertz CT molecular complexity index is 670. The number of carbonyl (C=O) groups excluding carboxylic acids is 2. The summed E-state index contributed by atoms with van der Waals surface area (Å²) in [5.74, 6) is -0.0260. The molecule has 1 aromatic rings. The summed E-state index contributed by atoms with van der Waals surface area (Å²) in [6, 6.07) is 2.40. The number of rotatable bonds is 5. The van der Waals surface area contributed by atoms with Gasteiger partial charge in [0.25, 0.3) is 5.56 Å². The average molecular weight is 336 g/mol. The molecular weight excluding hydrogens is 312 g/mol. The van der Waals surface area contributed by atoms with Crippen LogP contribution in [0.15, 0.2) is 23.1 Å². The van der Waals surface area contributed by atoms with Crippen molar-refractivity contribution in [3.05, 3.63) is 28.7 Å². The van der Waals surface area contributed by atoms with E-state index in [2.05, 4.69) is 5.32 Å². The Kier molecular flexibility index (Phi) is 5.31. The van der Waals surface area contributed by atoms with E-state index < -0.39 is 29.3 Å². The van der Waals surface area contributed by atoms with Gasteiger partial charge in [-0.1, -0.05) is 12.8 Å². The van der Waals surface area contributed by atoms with Gasteiger partial charge >= 0.3 is 12.1 Å². The normalized spacial score (nSPS) is 15.5. The molecule has 0 spiro atoms. The third-order valence-electron chi connectivity index (χ3n) is 3.67. The molecule has 1 aliphatic rings. The number of amides is 1. The minimum absolute atomic E-state index is 0.0662. The van der Waals surface area contributed by atoms with Crippen molar-refractivity contribution in [2.75, 3.05) is 12.4 Å². The second-order valence-corrected chi connectivity index (χ2v) is 6.98. The van der Waals surface area contributed by atoms with E-state index in [9.17, 15) is 14.4 Å². The van der Waals surface area contributed by atoms with Gasteiger partial charge in [-0.2, -0.15) is 0 Å². The molecule has 1 fully saturated rings. The van der Waals surface area contributed by atoms with Gasteiger partial charge in [0.1, 0.15) is 17.3 Å². The van der Waals surface area contributed by atoms with E-state index >= 15 is 0 Å². The molecule has 1 amide bonds.